The van der Waals surface area contributed by atoms with Gasteiger partial charge in [-0.05, 0) is 19.9 Å². The molecule has 1 amide bonds. The van der Waals surface area contributed by atoms with Gasteiger partial charge in [-0.1, -0.05) is 0 Å². The van der Waals surface area contributed by atoms with Crippen LogP contribution in [-0.4, -0.2) is 41.5 Å². The van der Waals surface area contributed by atoms with E-state index in [2.05, 4.69) is 25.5 Å². The number of nitrogens with zero attached hydrogens (tertiary/aromatic N) is 6. The Balaban J connectivity index is 1.75. The highest BCUT2D eigenvalue weighted by Gasteiger charge is 2.14. The Bertz CT molecular complexity index is 806. The van der Waals surface area contributed by atoms with Crippen molar-refractivity contribution in [3.63, 3.8) is 0 Å². The van der Waals surface area contributed by atoms with Crippen LogP contribution >= 0.6 is 0 Å². The van der Waals surface area contributed by atoms with E-state index >= 15 is 0 Å². The first kappa shape index (κ1) is 14.2. The van der Waals surface area contributed by atoms with Crippen molar-refractivity contribution >= 4 is 16.9 Å². The van der Waals surface area contributed by atoms with E-state index in [1.165, 1.54) is 6.33 Å². The van der Waals surface area contributed by atoms with Crippen molar-refractivity contribution in [2.75, 3.05) is 0 Å². The van der Waals surface area contributed by atoms with Gasteiger partial charge < -0.3 is 5.32 Å². The minimum atomic E-state index is -0.162. The van der Waals surface area contributed by atoms with E-state index in [1.807, 2.05) is 27.0 Å². The predicted molar refractivity (Wildman–Crippen MR) is 80.2 cm³/mol. The molecule has 1 unspecified atom stereocenters. The summed E-state index contributed by atoms with van der Waals surface area (Å²) < 4.78 is 3.39. The number of aromatic nitrogens is 6. The van der Waals surface area contributed by atoms with Crippen LogP contribution < -0.4 is 5.32 Å². The van der Waals surface area contributed by atoms with Gasteiger partial charge in [-0.3, -0.25) is 14.2 Å². The molecule has 0 aliphatic rings. The molecule has 3 aromatic heterocycles. The lowest BCUT2D eigenvalue weighted by Gasteiger charge is -2.13. The summed E-state index contributed by atoms with van der Waals surface area (Å²) >= 11 is 0. The average molecular weight is 299 g/mol. The zero-order chi connectivity index (χ0) is 15.7. The number of hydrogen-bond donors (Lipinski definition) is 1. The number of amides is 1. The molecular formula is C14H17N7O. The fourth-order valence-corrected chi connectivity index (χ4v) is 2.39. The van der Waals surface area contributed by atoms with E-state index in [-0.39, 0.29) is 11.9 Å². The summed E-state index contributed by atoms with van der Waals surface area (Å²) in [7, 11) is 1.84. The van der Waals surface area contributed by atoms with Gasteiger partial charge >= 0.3 is 0 Å². The first-order valence-electron chi connectivity index (χ1n) is 6.97. The third-order valence-electron chi connectivity index (χ3n) is 3.43. The number of carbonyl (C=O) groups excluding carboxylic acids is 1. The highest BCUT2D eigenvalue weighted by atomic mass is 16.1. The minimum absolute atomic E-state index is 0.0695. The monoisotopic (exact) mass is 299 g/mol. The van der Waals surface area contributed by atoms with Crippen LogP contribution in [0.5, 0.6) is 0 Å². The molecule has 114 valence electrons. The molecule has 22 heavy (non-hydrogen) atoms. The fraction of sp³-hybridized carbons (Fsp3) is 0.357. The quantitative estimate of drug-likeness (QED) is 0.765. The molecule has 3 rings (SSSR count). The van der Waals surface area contributed by atoms with Crippen molar-refractivity contribution in [1.29, 1.82) is 0 Å². The van der Waals surface area contributed by atoms with Crippen molar-refractivity contribution in [2.24, 2.45) is 7.05 Å². The Hall–Kier alpha value is -2.77. The van der Waals surface area contributed by atoms with E-state index in [4.69, 9.17) is 0 Å². The Morgan fingerprint density at radius 2 is 2.27 bits per heavy atom. The molecule has 1 N–H and O–H groups in total. The summed E-state index contributed by atoms with van der Waals surface area (Å²) in [6, 6.07) is 1.75. The van der Waals surface area contributed by atoms with Crippen LogP contribution in [0.1, 0.15) is 23.0 Å². The van der Waals surface area contributed by atoms with E-state index in [0.29, 0.717) is 12.1 Å². The van der Waals surface area contributed by atoms with Gasteiger partial charge in [-0.15, -0.1) is 0 Å². The van der Waals surface area contributed by atoms with Gasteiger partial charge in [-0.2, -0.15) is 10.2 Å². The maximum Gasteiger partial charge on any atom is 0.253 e. The number of pyridine rings is 1. The van der Waals surface area contributed by atoms with E-state index in [1.54, 1.807) is 21.9 Å². The molecule has 0 bridgehead atoms. The second-order valence-corrected chi connectivity index (χ2v) is 5.30. The maximum absolute atomic E-state index is 12.3. The third-order valence-corrected chi connectivity index (χ3v) is 3.43. The topological polar surface area (TPSA) is 90.5 Å². The van der Waals surface area contributed by atoms with Crippen molar-refractivity contribution in [1.82, 2.24) is 34.8 Å². The van der Waals surface area contributed by atoms with Crippen LogP contribution in [0.25, 0.3) is 11.0 Å². The van der Waals surface area contributed by atoms with Gasteiger partial charge in [0.25, 0.3) is 5.91 Å². The summed E-state index contributed by atoms with van der Waals surface area (Å²) in [6.07, 6.45) is 4.66. The molecule has 0 radical (unpaired) electrons. The zero-order valence-corrected chi connectivity index (χ0v) is 12.7. The molecule has 3 heterocycles. The molecule has 3 aromatic rings. The minimum Gasteiger partial charge on any atom is -0.348 e. The van der Waals surface area contributed by atoms with Crippen LogP contribution in [0.2, 0.25) is 0 Å². The van der Waals surface area contributed by atoms with Crippen molar-refractivity contribution in [3.05, 3.63) is 36.2 Å². The molecule has 0 aliphatic carbocycles. The van der Waals surface area contributed by atoms with Gasteiger partial charge in [0, 0.05) is 24.7 Å². The van der Waals surface area contributed by atoms with Crippen LogP contribution in [0.4, 0.5) is 0 Å². The first-order valence-corrected chi connectivity index (χ1v) is 6.97. The second-order valence-electron chi connectivity index (χ2n) is 5.30. The smallest absolute Gasteiger partial charge is 0.253 e. The Labute approximate surface area is 127 Å². The van der Waals surface area contributed by atoms with Gasteiger partial charge in [-0.25, -0.2) is 9.97 Å². The molecule has 0 saturated heterocycles. The van der Waals surface area contributed by atoms with Gasteiger partial charge in [0.2, 0.25) is 0 Å². The number of nitrogens with one attached hydrogen (secondary N) is 1. The van der Waals surface area contributed by atoms with Gasteiger partial charge in [0.15, 0.2) is 5.65 Å². The molecule has 8 nitrogen and oxygen atoms in total. The number of fused-ring (bicyclic) bond motifs is 1. The largest absolute Gasteiger partial charge is 0.348 e. The molecule has 1 atom stereocenters. The normalized spacial score (nSPS) is 12.5. The summed E-state index contributed by atoms with van der Waals surface area (Å²) in [4.78, 5) is 20.5. The second kappa shape index (κ2) is 5.55. The highest BCUT2D eigenvalue weighted by Crippen LogP contribution is 2.16. The standard InChI is InChI=1S/C14H17N7O/c1-9(6-21-8-15-7-17-21)18-14(22)11-4-12-10(2)19-20(3)13(12)16-5-11/h4-5,7-9H,6H2,1-3H3,(H,18,22). The summed E-state index contributed by atoms with van der Waals surface area (Å²) in [6.45, 7) is 4.38. The molecule has 0 aliphatic heterocycles. The zero-order valence-electron chi connectivity index (χ0n) is 12.7. The molecule has 8 heteroatoms. The predicted octanol–water partition coefficient (Wildman–Crippen LogP) is 0.687. The van der Waals surface area contributed by atoms with Crippen molar-refractivity contribution in [2.45, 2.75) is 26.4 Å². The number of rotatable bonds is 4. The molecular weight excluding hydrogens is 282 g/mol. The SMILES string of the molecule is Cc1nn(C)c2ncc(C(=O)NC(C)Cn3cncn3)cc12. The summed E-state index contributed by atoms with van der Waals surface area (Å²) in [5.74, 6) is -0.162. The third kappa shape index (κ3) is 2.67. The fourth-order valence-electron chi connectivity index (χ4n) is 2.39. The Kier molecular flexibility index (Phi) is 3.58. The lowest BCUT2D eigenvalue weighted by Crippen LogP contribution is -2.35. The summed E-state index contributed by atoms with van der Waals surface area (Å²) in [5, 5.41) is 12.1. The lowest BCUT2D eigenvalue weighted by molar-refractivity contribution is 0.0936. The van der Waals surface area contributed by atoms with Gasteiger partial charge in [0.1, 0.15) is 12.7 Å². The van der Waals surface area contributed by atoms with E-state index < -0.39 is 0 Å². The molecule has 0 fully saturated rings. The lowest BCUT2D eigenvalue weighted by atomic mass is 10.2. The number of hydrogen-bond acceptors (Lipinski definition) is 5. The number of carbonyl (C=O) groups is 1. The van der Waals surface area contributed by atoms with Crippen LogP contribution in [0.15, 0.2) is 24.9 Å². The van der Waals surface area contributed by atoms with E-state index in [0.717, 1.165) is 16.7 Å². The van der Waals surface area contributed by atoms with Crippen LogP contribution in [0, 0.1) is 6.92 Å². The van der Waals surface area contributed by atoms with Gasteiger partial charge in [0.05, 0.1) is 17.8 Å². The Morgan fingerprint density at radius 1 is 1.45 bits per heavy atom. The summed E-state index contributed by atoms with van der Waals surface area (Å²) in [5.41, 5.74) is 2.15. The average Bonchev–Trinajstić information content (AvgIpc) is 3.07. The van der Waals surface area contributed by atoms with Crippen molar-refractivity contribution in [3.8, 4) is 0 Å². The van der Waals surface area contributed by atoms with E-state index in [9.17, 15) is 4.79 Å². The molecule has 0 saturated carbocycles. The first-order chi connectivity index (χ1) is 10.5. The Morgan fingerprint density at radius 3 is 3.00 bits per heavy atom. The highest BCUT2D eigenvalue weighted by molar-refractivity contribution is 5.97. The van der Waals surface area contributed by atoms with Crippen LogP contribution in [0.3, 0.4) is 0 Å². The molecule has 0 spiro atoms. The molecule has 0 aromatic carbocycles. The maximum atomic E-state index is 12.3. The van der Waals surface area contributed by atoms with Crippen molar-refractivity contribution < 1.29 is 4.79 Å². The van der Waals surface area contributed by atoms with Crippen LogP contribution in [-0.2, 0) is 13.6 Å². The number of aryl methyl sites for hydroxylation is 2.